The Balaban J connectivity index is 0.00000441. The Labute approximate surface area is 138 Å². The van der Waals surface area contributed by atoms with Crippen molar-refractivity contribution in [3.8, 4) is 0 Å². The number of sulfone groups is 1. The predicted molar refractivity (Wildman–Crippen MR) is 89.5 cm³/mol. The van der Waals surface area contributed by atoms with Gasteiger partial charge in [-0.2, -0.15) is 0 Å². The first-order chi connectivity index (χ1) is 9.54. The summed E-state index contributed by atoms with van der Waals surface area (Å²) >= 11 is 0. The van der Waals surface area contributed by atoms with Crippen LogP contribution in [0.4, 0.5) is 0 Å². The lowest BCUT2D eigenvalue weighted by Crippen LogP contribution is -2.49. The summed E-state index contributed by atoms with van der Waals surface area (Å²) in [6, 6.07) is 5.10. The summed E-state index contributed by atoms with van der Waals surface area (Å²) in [6.07, 6.45) is 2.37. The van der Waals surface area contributed by atoms with Crippen LogP contribution in [0.1, 0.15) is 26.7 Å². The van der Waals surface area contributed by atoms with E-state index in [0.717, 1.165) is 6.26 Å². The fraction of sp³-hybridized carbons (Fsp3) is 0.538. The lowest BCUT2D eigenvalue weighted by molar-refractivity contribution is 0.392. The normalized spacial score (nSPS) is 12.7. The molecule has 0 radical (unpaired) electrons. The van der Waals surface area contributed by atoms with Gasteiger partial charge in [-0.25, -0.2) is 21.6 Å². The van der Waals surface area contributed by atoms with E-state index in [4.69, 9.17) is 5.73 Å². The molecular formula is C13H23ClN2O4S2. The number of hydrogen-bond donors (Lipinski definition) is 2. The maximum Gasteiger partial charge on any atom is 0.240 e. The quantitative estimate of drug-likeness (QED) is 0.752. The highest BCUT2D eigenvalue weighted by Gasteiger charge is 2.24. The van der Waals surface area contributed by atoms with Gasteiger partial charge in [0.05, 0.1) is 9.79 Å². The van der Waals surface area contributed by atoms with Crippen molar-refractivity contribution >= 4 is 32.3 Å². The van der Waals surface area contributed by atoms with E-state index in [-0.39, 0.29) is 28.7 Å². The average Bonchev–Trinajstić information content (AvgIpc) is 2.44. The molecule has 0 unspecified atom stereocenters. The molecule has 0 aliphatic carbocycles. The van der Waals surface area contributed by atoms with E-state index in [1.807, 2.05) is 13.8 Å². The second-order valence-corrected chi connectivity index (χ2v) is 8.92. The molecule has 22 heavy (non-hydrogen) atoms. The Morgan fingerprint density at radius 1 is 1.00 bits per heavy atom. The van der Waals surface area contributed by atoms with Gasteiger partial charge in [0.1, 0.15) is 0 Å². The van der Waals surface area contributed by atoms with Gasteiger partial charge in [0, 0.05) is 18.3 Å². The molecule has 0 aliphatic heterocycles. The van der Waals surface area contributed by atoms with Crippen LogP contribution in [0.2, 0.25) is 0 Å². The molecule has 0 heterocycles. The van der Waals surface area contributed by atoms with E-state index in [0.29, 0.717) is 12.8 Å². The number of hydrogen-bond acceptors (Lipinski definition) is 5. The Morgan fingerprint density at radius 3 is 1.77 bits per heavy atom. The van der Waals surface area contributed by atoms with Crippen molar-refractivity contribution in [3.63, 3.8) is 0 Å². The molecule has 0 saturated carbocycles. The summed E-state index contributed by atoms with van der Waals surface area (Å²) in [4.78, 5) is 0.0983. The molecule has 0 aromatic heterocycles. The zero-order valence-electron chi connectivity index (χ0n) is 12.9. The van der Waals surface area contributed by atoms with Crippen molar-refractivity contribution in [3.05, 3.63) is 24.3 Å². The maximum atomic E-state index is 12.2. The fourth-order valence-corrected chi connectivity index (χ4v) is 3.46. The summed E-state index contributed by atoms with van der Waals surface area (Å²) in [5, 5.41) is 0. The monoisotopic (exact) mass is 370 g/mol. The summed E-state index contributed by atoms with van der Waals surface area (Å²) in [7, 11) is -7.04. The van der Waals surface area contributed by atoms with Crippen LogP contribution < -0.4 is 10.5 Å². The highest BCUT2D eigenvalue weighted by Crippen LogP contribution is 2.16. The van der Waals surface area contributed by atoms with Crippen LogP contribution in [0, 0.1) is 0 Å². The van der Waals surface area contributed by atoms with Crippen LogP contribution in [0.15, 0.2) is 34.1 Å². The van der Waals surface area contributed by atoms with Gasteiger partial charge >= 0.3 is 0 Å². The van der Waals surface area contributed by atoms with Gasteiger partial charge in [0.2, 0.25) is 10.0 Å². The van der Waals surface area contributed by atoms with Crippen LogP contribution in [0.5, 0.6) is 0 Å². The Hall–Kier alpha value is -0.670. The summed E-state index contributed by atoms with van der Waals surface area (Å²) in [5.41, 5.74) is 5.47. The van der Waals surface area contributed by atoms with E-state index in [9.17, 15) is 16.8 Å². The van der Waals surface area contributed by atoms with E-state index in [1.165, 1.54) is 24.3 Å². The molecule has 0 spiro atoms. The molecule has 9 heteroatoms. The van der Waals surface area contributed by atoms with Crippen molar-refractivity contribution in [1.82, 2.24) is 4.72 Å². The zero-order chi connectivity index (χ0) is 16.3. The van der Waals surface area contributed by atoms with Crippen molar-refractivity contribution in [1.29, 1.82) is 0 Å². The molecule has 6 nitrogen and oxygen atoms in total. The number of rotatable bonds is 7. The van der Waals surface area contributed by atoms with E-state index in [1.54, 1.807) is 0 Å². The molecule has 0 fully saturated rings. The van der Waals surface area contributed by atoms with E-state index < -0.39 is 25.4 Å². The predicted octanol–water partition coefficient (Wildman–Crippen LogP) is 1.31. The third kappa shape index (κ3) is 5.51. The first-order valence-electron chi connectivity index (χ1n) is 6.63. The molecular weight excluding hydrogens is 348 g/mol. The first-order valence-corrected chi connectivity index (χ1v) is 10.0. The smallest absolute Gasteiger partial charge is 0.240 e. The third-order valence-corrected chi connectivity index (χ3v) is 6.13. The number of nitrogens with one attached hydrogen (secondary N) is 1. The summed E-state index contributed by atoms with van der Waals surface area (Å²) < 4.78 is 49.5. The van der Waals surface area contributed by atoms with Crippen LogP contribution >= 0.6 is 12.4 Å². The molecule has 3 N–H and O–H groups in total. The van der Waals surface area contributed by atoms with Crippen molar-refractivity contribution in [2.75, 3.05) is 12.8 Å². The second kappa shape index (κ2) is 7.74. The van der Waals surface area contributed by atoms with Crippen molar-refractivity contribution in [2.24, 2.45) is 5.73 Å². The second-order valence-electron chi connectivity index (χ2n) is 5.14. The highest BCUT2D eigenvalue weighted by atomic mass is 35.5. The first kappa shape index (κ1) is 21.3. The van der Waals surface area contributed by atoms with Gasteiger partial charge in [-0.15, -0.1) is 12.4 Å². The fourth-order valence-electron chi connectivity index (χ4n) is 1.69. The summed E-state index contributed by atoms with van der Waals surface area (Å²) in [5.74, 6) is 0. The van der Waals surface area contributed by atoms with E-state index in [2.05, 4.69) is 4.72 Å². The lowest BCUT2D eigenvalue weighted by Gasteiger charge is -2.26. The van der Waals surface area contributed by atoms with Crippen molar-refractivity contribution < 1.29 is 16.8 Å². The SMILES string of the molecule is CCC(N)(CC)CNS(=O)(=O)c1ccc(S(C)(=O)=O)cc1.Cl. The topological polar surface area (TPSA) is 106 Å². The largest absolute Gasteiger partial charge is 0.324 e. The molecule has 1 rings (SSSR count). The Morgan fingerprint density at radius 2 is 1.41 bits per heavy atom. The Bertz CT molecular complexity index is 681. The summed E-state index contributed by atoms with van der Waals surface area (Å²) in [6.45, 7) is 3.94. The maximum absolute atomic E-state index is 12.2. The van der Waals surface area contributed by atoms with Gasteiger partial charge in [0.15, 0.2) is 9.84 Å². The van der Waals surface area contributed by atoms with Gasteiger partial charge < -0.3 is 5.73 Å². The van der Waals surface area contributed by atoms with Gasteiger partial charge in [0.25, 0.3) is 0 Å². The van der Waals surface area contributed by atoms with Crippen LogP contribution in [0.3, 0.4) is 0 Å². The molecule has 0 amide bonds. The van der Waals surface area contributed by atoms with Gasteiger partial charge in [-0.1, -0.05) is 13.8 Å². The van der Waals surface area contributed by atoms with Crippen molar-refractivity contribution in [2.45, 2.75) is 42.0 Å². The molecule has 128 valence electrons. The van der Waals surface area contributed by atoms with Gasteiger partial charge in [-0.05, 0) is 37.1 Å². The number of halogens is 1. The minimum atomic E-state index is -3.70. The number of sulfonamides is 1. The van der Waals surface area contributed by atoms with Crippen LogP contribution in [0.25, 0.3) is 0 Å². The minimum absolute atomic E-state index is 0. The van der Waals surface area contributed by atoms with Crippen LogP contribution in [-0.2, 0) is 19.9 Å². The lowest BCUT2D eigenvalue weighted by atomic mass is 9.95. The zero-order valence-corrected chi connectivity index (χ0v) is 15.3. The number of nitrogens with two attached hydrogens (primary N) is 1. The van der Waals surface area contributed by atoms with Gasteiger partial charge in [-0.3, -0.25) is 0 Å². The number of benzene rings is 1. The van der Waals surface area contributed by atoms with Crippen LogP contribution in [-0.4, -0.2) is 35.2 Å². The average molecular weight is 371 g/mol. The molecule has 0 bridgehead atoms. The van der Waals surface area contributed by atoms with E-state index >= 15 is 0 Å². The molecule has 0 saturated heterocycles. The minimum Gasteiger partial charge on any atom is -0.324 e. The Kier molecular flexibility index (Phi) is 7.50. The molecule has 1 aromatic rings. The third-order valence-electron chi connectivity index (χ3n) is 3.58. The standard InChI is InChI=1S/C13H22N2O4S2.ClH/c1-4-13(14,5-2)10-15-21(18,19)12-8-6-11(7-9-12)20(3,16)17;/h6-9,15H,4-5,10,14H2,1-3H3;1H. The molecule has 0 atom stereocenters. The highest BCUT2D eigenvalue weighted by molar-refractivity contribution is 7.90. The molecule has 1 aromatic carbocycles. The molecule has 0 aliphatic rings.